The van der Waals surface area contributed by atoms with E-state index < -0.39 is 0 Å². The first-order valence-corrected chi connectivity index (χ1v) is 8.36. The Morgan fingerprint density at radius 2 is 1.81 bits per heavy atom. The summed E-state index contributed by atoms with van der Waals surface area (Å²) in [5.74, 6) is 7.07. The third-order valence-electron chi connectivity index (χ3n) is 4.61. The van der Waals surface area contributed by atoms with E-state index in [0.717, 1.165) is 33.2 Å². The van der Waals surface area contributed by atoms with E-state index in [4.69, 9.17) is 20.1 Å². The molecule has 0 spiro atoms. The molecule has 27 heavy (non-hydrogen) atoms. The smallest absolute Gasteiger partial charge is 0.203 e. The van der Waals surface area contributed by atoms with Crippen molar-refractivity contribution < 1.29 is 14.2 Å². The Morgan fingerprint density at radius 3 is 2.44 bits per heavy atom. The van der Waals surface area contributed by atoms with Gasteiger partial charge in [0.1, 0.15) is 0 Å². The molecule has 0 saturated heterocycles. The summed E-state index contributed by atoms with van der Waals surface area (Å²) in [6.07, 6.45) is 3.64. The average molecular weight is 365 g/mol. The minimum absolute atomic E-state index is 0.537. The average Bonchev–Trinajstić information content (AvgIpc) is 3.01. The summed E-state index contributed by atoms with van der Waals surface area (Å²) in [7, 11) is 6.77. The van der Waals surface area contributed by atoms with E-state index >= 15 is 0 Å². The first-order valence-electron chi connectivity index (χ1n) is 8.36. The Kier molecular flexibility index (Phi) is 5.07. The predicted molar refractivity (Wildman–Crippen MR) is 109 cm³/mol. The Bertz CT molecular complexity index is 1030. The summed E-state index contributed by atoms with van der Waals surface area (Å²) < 4.78 is 18.5. The number of hydrazone groups is 1. The van der Waals surface area contributed by atoms with E-state index in [2.05, 4.69) is 23.8 Å². The number of aromatic nitrogens is 1. The van der Waals surface area contributed by atoms with Crippen LogP contribution in [-0.4, -0.2) is 32.1 Å². The van der Waals surface area contributed by atoms with Gasteiger partial charge in [-0.1, -0.05) is 12.6 Å². The number of aryl methyl sites for hydroxylation is 1. The lowest BCUT2D eigenvalue weighted by atomic mass is 9.96. The second-order valence-corrected chi connectivity index (χ2v) is 6.07. The highest BCUT2D eigenvalue weighted by molar-refractivity contribution is 6.01. The molecule has 0 radical (unpaired) electrons. The van der Waals surface area contributed by atoms with Gasteiger partial charge in [-0.2, -0.15) is 5.10 Å². The van der Waals surface area contributed by atoms with E-state index in [0.29, 0.717) is 17.2 Å². The highest BCUT2D eigenvalue weighted by Crippen LogP contribution is 2.43. The molecule has 1 heterocycles. The van der Waals surface area contributed by atoms with Gasteiger partial charge in [-0.3, -0.25) is 0 Å². The fourth-order valence-electron chi connectivity index (χ4n) is 3.29. The van der Waals surface area contributed by atoms with Crippen molar-refractivity contribution in [3.63, 3.8) is 0 Å². The Balaban J connectivity index is 2.15. The van der Waals surface area contributed by atoms with Crippen molar-refractivity contribution in [1.82, 2.24) is 4.57 Å². The van der Waals surface area contributed by atoms with E-state index in [1.807, 2.05) is 36.0 Å². The normalized spacial score (nSPS) is 11.1. The molecule has 0 aliphatic rings. The predicted octanol–water partition coefficient (Wildman–Crippen LogP) is 3.56. The van der Waals surface area contributed by atoms with Crippen molar-refractivity contribution in [2.24, 2.45) is 18.0 Å². The molecule has 3 aromatic rings. The summed E-state index contributed by atoms with van der Waals surface area (Å²) in [6.45, 7) is 4.28. The van der Waals surface area contributed by atoms with Crippen molar-refractivity contribution >= 4 is 22.7 Å². The van der Waals surface area contributed by atoms with Crippen LogP contribution in [-0.2, 0) is 7.05 Å². The molecule has 3 rings (SSSR count). The summed E-state index contributed by atoms with van der Waals surface area (Å²) in [6, 6.07) is 9.92. The second-order valence-electron chi connectivity index (χ2n) is 6.07. The third kappa shape index (κ3) is 3.10. The van der Waals surface area contributed by atoms with Crippen LogP contribution in [0.15, 0.2) is 48.2 Å². The van der Waals surface area contributed by atoms with Crippen LogP contribution in [0.3, 0.4) is 0 Å². The molecular weight excluding hydrogens is 342 g/mol. The number of rotatable bonds is 6. The minimum atomic E-state index is 0.537. The fourth-order valence-corrected chi connectivity index (χ4v) is 3.29. The van der Waals surface area contributed by atoms with E-state index in [9.17, 15) is 0 Å². The molecule has 0 aliphatic carbocycles. The SMILES string of the molecule is C=C(c1ccc2c(c1)c(/C=N/N)cn2C)c1ccc(OC)c(OC)c1OC. The maximum Gasteiger partial charge on any atom is 0.203 e. The minimum Gasteiger partial charge on any atom is -0.493 e. The number of nitrogens with zero attached hydrogens (tertiary/aromatic N) is 2. The van der Waals surface area contributed by atoms with Gasteiger partial charge < -0.3 is 24.6 Å². The number of hydrogen-bond acceptors (Lipinski definition) is 5. The first-order chi connectivity index (χ1) is 13.0. The van der Waals surface area contributed by atoms with Gasteiger partial charge in [-0.05, 0) is 35.4 Å². The molecule has 0 atom stereocenters. The molecule has 0 bridgehead atoms. The van der Waals surface area contributed by atoms with Crippen molar-refractivity contribution in [2.45, 2.75) is 0 Å². The first kappa shape index (κ1) is 18.4. The Hall–Kier alpha value is -3.41. The topological polar surface area (TPSA) is 71.0 Å². The van der Waals surface area contributed by atoms with Gasteiger partial charge in [0.05, 0.1) is 27.5 Å². The molecule has 0 saturated carbocycles. The van der Waals surface area contributed by atoms with Gasteiger partial charge >= 0.3 is 0 Å². The van der Waals surface area contributed by atoms with Crippen molar-refractivity contribution in [2.75, 3.05) is 21.3 Å². The third-order valence-corrected chi connectivity index (χ3v) is 4.61. The van der Waals surface area contributed by atoms with Crippen LogP contribution >= 0.6 is 0 Å². The number of ether oxygens (including phenoxy) is 3. The van der Waals surface area contributed by atoms with Gasteiger partial charge in [0.2, 0.25) is 5.75 Å². The summed E-state index contributed by atoms with van der Waals surface area (Å²) in [4.78, 5) is 0. The molecule has 0 amide bonds. The van der Waals surface area contributed by atoms with Crippen LogP contribution in [0.2, 0.25) is 0 Å². The van der Waals surface area contributed by atoms with Crippen LogP contribution in [0.5, 0.6) is 17.2 Å². The number of benzene rings is 2. The maximum atomic E-state index is 5.60. The largest absolute Gasteiger partial charge is 0.493 e. The van der Waals surface area contributed by atoms with Crippen LogP contribution in [0.1, 0.15) is 16.7 Å². The highest BCUT2D eigenvalue weighted by Gasteiger charge is 2.19. The molecule has 0 fully saturated rings. The fraction of sp³-hybridized carbons (Fsp3) is 0.190. The number of hydrogen-bond donors (Lipinski definition) is 1. The number of fused-ring (bicyclic) bond motifs is 1. The van der Waals surface area contributed by atoms with Crippen molar-refractivity contribution in [1.29, 1.82) is 0 Å². The standard InChI is InChI=1S/C21H23N3O3/c1-13(16-7-9-19(25-3)21(27-5)20(16)26-4)14-6-8-18-17(10-14)15(11-23-22)12-24(18)2/h6-12H,1,22H2,2-5H3/b23-11+. The molecule has 2 aromatic carbocycles. The van der Waals surface area contributed by atoms with Gasteiger partial charge in [-0.25, -0.2) is 0 Å². The quantitative estimate of drug-likeness (QED) is 0.412. The highest BCUT2D eigenvalue weighted by atomic mass is 16.5. The van der Waals surface area contributed by atoms with E-state index in [1.165, 1.54) is 0 Å². The lowest BCUT2D eigenvalue weighted by molar-refractivity contribution is 0.324. The Labute approximate surface area is 158 Å². The zero-order valence-electron chi connectivity index (χ0n) is 15.9. The number of methoxy groups -OCH3 is 3. The monoisotopic (exact) mass is 365 g/mol. The van der Waals surface area contributed by atoms with Gasteiger partial charge in [-0.15, -0.1) is 0 Å². The van der Waals surface area contributed by atoms with Crippen LogP contribution in [0, 0.1) is 0 Å². The summed E-state index contributed by atoms with van der Waals surface area (Å²) in [5.41, 5.74) is 4.64. The van der Waals surface area contributed by atoms with Crippen molar-refractivity contribution in [3.05, 3.63) is 59.8 Å². The molecule has 1 aromatic heterocycles. The zero-order chi connectivity index (χ0) is 19.6. The van der Waals surface area contributed by atoms with Gasteiger partial charge in [0.25, 0.3) is 0 Å². The Morgan fingerprint density at radius 1 is 1.07 bits per heavy atom. The zero-order valence-corrected chi connectivity index (χ0v) is 15.9. The number of nitrogens with two attached hydrogens (primary N) is 1. The molecule has 140 valence electrons. The molecular formula is C21H23N3O3. The lowest BCUT2D eigenvalue weighted by Crippen LogP contribution is -1.99. The summed E-state index contributed by atoms with van der Waals surface area (Å²) >= 11 is 0. The summed E-state index contributed by atoms with van der Waals surface area (Å²) in [5, 5.41) is 4.71. The van der Waals surface area contributed by atoms with Crippen LogP contribution in [0.25, 0.3) is 16.5 Å². The molecule has 2 N–H and O–H groups in total. The second kappa shape index (κ2) is 7.45. The van der Waals surface area contributed by atoms with Crippen LogP contribution in [0.4, 0.5) is 0 Å². The molecule has 0 aliphatic heterocycles. The van der Waals surface area contributed by atoms with Crippen molar-refractivity contribution in [3.8, 4) is 17.2 Å². The van der Waals surface area contributed by atoms with Gasteiger partial charge in [0, 0.05) is 35.3 Å². The van der Waals surface area contributed by atoms with Gasteiger partial charge in [0.15, 0.2) is 11.5 Å². The molecule has 6 nitrogen and oxygen atoms in total. The maximum absolute atomic E-state index is 5.60. The van der Waals surface area contributed by atoms with E-state index in [-0.39, 0.29) is 0 Å². The molecule has 0 unspecified atom stereocenters. The van der Waals surface area contributed by atoms with Crippen LogP contribution < -0.4 is 20.1 Å². The lowest BCUT2D eigenvalue weighted by Gasteiger charge is -2.17. The van der Waals surface area contributed by atoms with E-state index in [1.54, 1.807) is 27.5 Å². The molecule has 6 heteroatoms.